The van der Waals surface area contributed by atoms with E-state index in [-0.39, 0.29) is 0 Å². The van der Waals surface area contributed by atoms with Gasteiger partial charge in [0.15, 0.2) is 5.15 Å². The predicted octanol–water partition coefficient (Wildman–Crippen LogP) is -0.134. The van der Waals surface area contributed by atoms with E-state index in [0.29, 0.717) is 4.57 Å². The van der Waals surface area contributed by atoms with Gasteiger partial charge in [-0.2, -0.15) is 4.39 Å². The molecule has 0 radical (unpaired) electrons. The summed E-state index contributed by atoms with van der Waals surface area (Å²) in [7, 11) is 1.15. The van der Waals surface area contributed by atoms with Gasteiger partial charge in [0.1, 0.15) is 0 Å². The Labute approximate surface area is 65.2 Å². The highest BCUT2D eigenvalue weighted by Gasteiger charge is 2.08. The third-order valence-corrected chi connectivity index (χ3v) is 1.47. The molecule has 0 fully saturated rings. The van der Waals surface area contributed by atoms with Crippen molar-refractivity contribution in [1.82, 2.24) is 9.55 Å². The molecule has 1 N–H and O–H groups in total. The Kier molecular flexibility index (Phi) is 1.82. The van der Waals surface area contributed by atoms with E-state index in [1.165, 1.54) is 0 Å². The Balaban J connectivity index is 3.74. The van der Waals surface area contributed by atoms with Crippen molar-refractivity contribution >= 4 is 11.6 Å². The second-order valence-electron chi connectivity index (χ2n) is 1.92. The summed E-state index contributed by atoms with van der Waals surface area (Å²) in [5.41, 5.74) is -1.76. The maximum atomic E-state index is 12.5. The van der Waals surface area contributed by atoms with Gasteiger partial charge in [-0.25, -0.2) is 4.79 Å². The Morgan fingerprint density at radius 2 is 2.09 bits per heavy atom. The quantitative estimate of drug-likeness (QED) is 0.563. The van der Waals surface area contributed by atoms with Gasteiger partial charge < -0.3 is 0 Å². The first kappa shape index (κ1) is 8.00. The molecule has 11 heavy (non-hydrogen) atoms. The first-order valence-electron chi connectivity index (χ1n) is 2.68. The summed E-state index contributed by atoms with van der Waals surface area (Å²) in [6, 6.07) is 0. The largest absolute Gasteiger partial charge is 0.329 e. The van der Waals surface area contributed by atoms with Crippen molar-refractivity contribution in [3.8, 4) is 0 Å². The summed E-state index contributed by atoms with van der Waals surface area (Å²) >= 11 is 5.15. The first-order chi connectivity index (χ1) is 5.04. The lowest BCUT2D eigenvalue weighted by atomic mass is 10.6. The number of nitrogens with one attached hydrogen (secondary N) is 1. The monoisotopic (exact) mass is 178 g/mol. The maximum Gasteiger partial charge on any atom is 0.329 e. The zero-order valence-corrected chi connectivity index (χ0v) is 6.28. The molecular weight excluding hydrogens is 175 g/mol. The Bertz CT molecular complexity index is 394. The van der Waals surface area contributed by atoms with Crippen LogP contribution in [0, 0.1) is 5.82 Å². The number of aromatic nitrogens is 2. The second kappa shape index (κ2) is 2.50. The Morgan fingerprint density at radius 3 is 2.64 bits per heavy atom. The van der Waals surface area contributed by atoms with Gasteiger partial charge in [-0.3, -0.25) is 14.3 Å². The number of aromatic amines is 1. The molecule has 60 valence electrons. The molecule has 1 heterocycles. The van der Waals surface area contributed by atoms with Gasteiger partial charge in [0, 0.05) is 7.05 Å². The highest BCUT2D eigenvalue weighted by atomic mass is 35.5. The lowest BCUT2D eigenvalue weighted by molar-refractivity contribution is 0.571. The smallest absolute Gasteiger partial charge is 0.295 e. The van der Waals surface area contributed by atoms with E-state index in [1.807, 2.05) is 4.98 Å². The zero-order chi connectivity index (χ0) is 8.59. The number of H-pyrrole nitrogens is 1. The fourth-order valence-electron chi connectivity index (χ4n) is 0.566. The average molecular weight is 179 g/mol. The summed E-state index contributed by atoms with van der Waals surface area (Å²) in [6.45, 7) is 0. The van der Waals surface area contributed by atoms with E-state index in [4.69, 9.17) is 11.6 Å². The molecule has 0 saturated carbocycles. The van der Waals surface area contributed by atoms with Crippen molar-refractivity contribution in [2.24, 2.45) is 7.05 Å². The van der Waals surface area contributed by atoms with Crippen LogP contribution >= 0.6 is 11.6 Å². The molecule has 1 aromatic rings. The molecule has 0 atom stereocenters. The van der Waals surface area contributed by atoms with Crippen molar-refractivity contribution in [2.45, 2.75) is 0 Å². The van der Waals surface area contributed by atoms with Crippen LogP contribution in [0.2, 0.25) is 5.15 Å². The maximum absolute atomic E-state index is 12.5. The summed E-state index contributed by atoms with van der Waals surface area (Å²) in [5, 5.41) is -0.557. The van der Waals surface area contributed by atoms with E-state index in [1.54, 1.807) is 0 Å². The second-order valence-corrected chi connectivity index (χ2v) is 2.30. The van der Waals surface area contributed by atoms with E-state index < -0.39 is 22.2 Å². The molecule has 0 aliphatic heterocycles. The average Bonchev–Trinajstić information content (AvgIpc) is 1.97. The van der Waals surface area contributed by atoms with E-state index in [2.05, 4.69) is 0 Å². The normalized spacial score (nSPS) is 10.1. The van der Waals surface area contributed by atoms with Crippen molar-refractivity contribution in [2.75, 3.05) is 0 Å². The fraction of sp³-hybridized carbons (Fsp3) is 0.200. The molecule has 6 heteroatoms. The molecule has 0 bridgehead atoms. The van der Waals surface area contributed by atoms with Gasteiger partial charge >= 0.3 is 5.69 Å². The van der Waals surface area contributed by atoms with Crippen LogP contribution < -0.4 is 11.2 Å². The molecule has 4 nitrogen and oxygen atoms in total. The number of halogens is 2. The van der Waals surface area contributed by atoms with Gasteiger partial charge in [-0.05, 0) is 0 Å². The van der Waals surface area contributed by atoms with E-state index in [0.717, 1.165) is 7.05 Å². The van der Waals surface area contributed by atoms with Crippen molar-refractivity contribution < 1.29 is 4.39 Å². The van der Waals surface area contributed by atoms with Gasteiger partial charge in [0.05, 0.1) is 0 Å². The lowest BCUT2D eigenvalue weighted by Crippen LogP contribution is -2.34. The van der Waals surface area contributed by atoms with Gasteiger partial charge in [0.25, 0.3) is 5.56 Å². The van der Waals surface area contributed by atoms with Gasteiger partial charge in [0.2, 0.25) is 5.82 Å². The number of nitrogens with zero attached hydrogens (tertiary/aromatic N) is 1. The minimum absolute atomic E-state index is 0.557. The van der Waals surface area contributed by atoms with Crippen molar-refractivity contribution in [1.29, 1.82) is 0 Å². The highest BCUT2D eigenvalue weighted by molar-refractivity contribution is 6.29. The molecule has 0 unspecified atom stereocenters. The van der Waals surface area contributed by atoms with E-state index >= 15 is 0 Å². The molecule has 0 amide bonds. The Hall–Kier alpha value is -1.10. The van der Waals surface area contributed by atoms with Crippen LogP contribution in [0.5, 0.6) is 0 Å². The fourth-order valence-corrected chi connectivity index (χ4v) is 0.728. The molecular formula is C5H4ClFN2O2. The Morgan fingerprint density at radius 1 is 1.55 bits per heavy atom. The van der Waals surface area contributed by atoms with Crippen LogP contribution in [-0.4, -0.2) is 9.55 Å². The highest BCUT2D eigenvalue weighted by Crippen LogP contribution is 2.01. The minimum atomic E-state index is -1.14. The number of rotatable bonds is 0. The molecule has 0 saturated heterocycles. The molecule has 0 aliphatic carbocycles. The molecule has 0 aliphatic rings. The topological polar surface area (TPSA) is 54.9 Å². The summed E-state index contributed by atoms with van der Waals surface area (Å²) < 4.78 is 13.1. The third kappa shape index (κ3) is 1.19. The molecule has 1 aromatic heterocycles. The summed E-state index contributed by atoms with van der Waals surface area (Å²) in [5.74, 6) is -1.14. The van der Waals surface area contributed by atoms with Crippen LogP contribution in [0.15, 0.2) is 9.59 Å². The van der Waals surface area contributed by atoms with Gasteiger partial charge in [-0.1, -0.05) is 11.6 Å². The van der Waals surface area contributed by atoms with Crippen LogP contribution in [0.1, 0.15) is 0 Å². The zero-order valence-electron chi connectivity index (χ0n) is 5.52. The van der Waals surface area contributed by atoms with Gasteiger partial charge in [-0.15, -0.1) is 0 Å². The standard InChI is InChI=1S/C5H4ClFN2O2/c1-9-4(10)2(7)3(6)8-5(9)11/h1H3,(H,8,11). The van der Waals surface area contributed by atoms with Crippen LogP contribution in [0.25, 0.3) is 0 Å². The SMILES string of the molecule is Cn1c(=O)[nH]c(Cl)c(F)c1=O. The number of hydrogen-bond donors (Lipinski definition) is 1. The predicted molar refractivity (Wildman–Crippen MR) is 37.3 cm³/mol. The number of hydrogen-bond acceptors (Lipinski definition) is 2. The minimum Gasteiger partial charge on any atom is -0.295 e. The third-order valence-electron chi connectivity index (χ3n) is 1.21. The van der Waals surface area contributed by atoms with Crippen LogP contribution in [-0.2, 0) is 7.05 Å². The molecule has 0 aromatic carbocycles. The summed E-state index contributed by atoms with van der Waals surface area (Å²) in [6.07, 6.45) is 0. The first-order valence-corrected chi connectivity index (χ1v) is 3.06. The molecule has 0 spiro atoms. The lowest BCUT2D eigenvalue weighted by Gasteiger charge is -1.95. The van der Waals surface area contributed by atoms with Crippen molar-refractivity contribution in [3.63, 3.8) is 0 Å². The molecule has 1 rings (SSSR count). The van der Waals surface area contributed by atoms with E-state index in [9.17, 15) is 14.0 Å². The summed E-state index contributed by atoms with van der Waals surface area (Å²) in [4.78, 5) is 23.3. The van der Waals surface area contributed by atoms with Crippen LogP contribution in [0.3, 0.4) is 0 Å². The van der Waals surface area contributed by atoms with Crippen LogP contribution in [0.4, 0.5) is 4.39 Å². The van der Waals surface area contributed by atoms with Crippen molar-refractivity contribution in [3.05, 3.63) is 31.8 Å².